The van der Waals surface area contributed by atoms with Crippen LogP contribution in [0, 0.1) is 13.8 Å². The van der Waals surface area contributed by atoms with E-state index in [9.17, 15) is 4.79 Å². The number of methoxy groups -OCH3 is 1. The number of hydrogen-bond acceptors (Lipinski definition) is 5. The lowest BCUT2D eigenvalue weighted by molar-refractivity contribution is 0.0602. The van der Waals surface area contributed by atoms with Crippen molar-refractivity contribution in [2.75, 3.05) is 7.11 Å². The molecule has 0 spiro atoms. The molecule has 3 aromatic rings. The summed E-state index contributed by atoms with van der Waals surface area (Å²) in [5.41, 5.74) is 2.49. The number of aromatic nitrogens is 5. The van der Waals surface area contributed by atoms with Gasteiger partial charge in [0.1, 0.15) is 11.3 Å². The Morgan fingerprint density at radius 3 is 2.64 bits per heavy atom. The summed E-state index contributed by atoms with van der Waals surface area (Å²) in [7, 11) is 1.28. The lowest BCUT2D eigenvalue weighted by atomic mass is 10.3. The Kier molecular flexibility index (Phi) is 3.54. The molecule has 7 nitrogen and oxygen atoms in total. The smallest absolute Gasteiger partial charge is 0.343 e. The van der Waals surface area contributed by atoms with Gasteiger partial charge < -0.3 is 4.74 Å². The van der Waals surface area contributed by atoms with E-state index in [1.165, 1.54) is 17.8 Å². The predicted molar refractivity (Wildman–Crippen MR) is 80.9 cm³/mol. The first kappa shape index (κ1) is 14.8. The summed E-state index contributed by atoms with van der Waals surface area (Å²) < 4.78 is 7.60. The van der Waals surface area contributed by atoms with E-state index in [1.807, 2.05) is 19.9 Å². The van der Waals surface area contributed by atoms with Gasteiger partial charge in [0.25, 0.3) is 0 Å². The van der Waals surface area contributed by atoms with Gasteiger partial charge in [-0.1, -0.05) is 23.2 Å². The van der Waals surface area contributed by atoms with Crippen LogP contribution < -0.4 is 0 Å². The van der Waals surface area contributed by atoms with Gasteiger partial charge in [-0.25, -0.2) is 19.0 Å². The second-order valence-electron chi connectivity index (χ2n) is 4.67. The molecule has 9 heteroatoms. The SMILES string of the molecule is COC(=O)c1cnn2c(Cl)c(-n3nc(C)cc3C)c(Cl)nc12. The first-order chi connectivity index (χ1) is 10.4. The van der Waals surface area contributed by atoms with Gasteiger partial charge in [-0.2, -0.15) is 10.2 Å². The van der Waals surface area contributed by atoms with E-state index in [0.717, 1.165) is 11.4 Å². The van der Waals surface area contributed by atoms with E-state index in [2.05, 4.69) is 19.9 Å². The molecule has 22 heavy (non-hydrogen) atoms. The molecule has 0 bridgehead atoms. The fourth-order valence-electron chi connectivity index (χ4n) is 2.21. The average molecular weight is 340 g/mol. The zero-order chi connectivity index (χ0) is 16.0. The number of hydrogen-bond donors (Lipinski definition) is 0. The van der Waals surface area contributed by atoms with Gasteiger partial charge in [0.05, 0.1) is 19.0 Å². The molecule has 0 saturated heterocycles. The second kappa shape index (κ2) is 5.26. The number of ether oxygens (including phenoxy) is 1. The third kappa shape index (κ3) is 2.13. The predicted octanol–water partition coefficient (Wildman–Crippen LogP) is 2.63. The van der Waals surface area contributed by atoms with E-state index in [1.54, 1.807) is 4.68 Å². The number of halogens is 2. The fraction of sp³-hybridized carbons (Fsp3) is 0.231. The summed E-state index contributed by atoms with van der Waals surface area (Å²) >= 11 is 12.6. The van der Waals surface area contributed by atoms with Crippen LogP contribution >= 0.6 is 23.2 Å². The van der Waals surface area contributed by atoms with E-state index in [0.29, 0.717) is 5.69 Å². The molecule has 0 radical (unpaired) electrons. The van der Waals surface area contributed by atoms with Crippen LogP contribution in [0.25, 0.3) is 11.3 Å². The molecular formula is C13H11Cl2N5O2. The lowest BCUT2D eigenvalue weighted by Gasteiger charge is -2.10. The Labute approximate surface area is 135 Å². The van der Waals surface area contributed by atoms with Crippen molar-refractivity contribution in [2.24, 2.45) is 0 Å². The summed E-state index contributed by atoms with van der Waals surface area (Å²) in [6, 6.07) is 1.89. The summed E-state index contributed by atoms with van der Waals surface area (Å²) in [5, 5.41) is 8.74. The zero-order valence-corrected chi connectivity index (χ0v) is 13.5. The van der Waals surface area contributed by atoms with E-state index in [4.69, 9.17) is 23.2 Å². The summed E-state index contributed by atoms with van der Waals surface area (Å²) in [6.45, 7) is 3.74. The number of rotatable bonds is 2. The molecule has 3 rings (SSSR count). The highest BCUT2D eigenvalue weighted by Gasteiger charge is 2.22. The summed E-state index contributed by atoms with van der Waals surface area (Å²) in [6.07, 6.45) is 1.33. The van der Waals surface area contributed by atoms with Crippen molar-refractivity contribution in [1.29, 1.82) is 0 Å². The van der Waals surface area contributed by atoms with Crippen molar-refractivity contribution >= 4 is 34.8 Å². The Morgan fingerprint density at radius 2 is 2.05 bits per heavy atom. The fourth-order valence-corrected chi connectivity index (χ4v) is 2.80. The van der Waals surface area contributed by atoms with Crippen molar-refractivity contribution in [1.82, 2.24) is 24.4 Å². The largest absolute Gasteiger partial charge is 0.465 e. The van der Waals surface area contributed by atoms with Gasteiger partial charge in [-0.05, 0) is 19.9 Å². The van der Waals surface area contributed by atoms with Crippen molar-refractivity contribution in [3.8, 4) is 5.69 Å². The quantitative estimate of drug-likeness (QED) is 0.530. The number of esters is 1. The second-order valence-corrected chi connectivity index (χ2v) is 5.38. The molecule has 3 aromatic heterocycles. The van der Waals surface area contributed by atoms with Crippen LogP contribution in [0.2, 0.25) is 10.3 Å². The van der Waals surface area contributed by atoms with Crippen molar-refractivity contribution in [3.63, 3.8) is 0 Å². The minimum atomic E-state index is -0.562. The van der Waals surface area contributed by atoms with Crippen LogP contribution in [0.5, 0.6) is 0 Å². The van der Waals surface area contributed by atoms with Crippen LogP contribution in [-0.2, 0) is 4.74 Å². The van der Waals surface area contributed by atoms with Gasteiger partial charge in [-0.15, -0.1) is 0 Å². The maximum atomic E-state index is 11.7. The van der Waals surface area contributed by atoms with Gasteiger partial charge in [0.15, 0.2) is 16.0 Å². The topological polar surface area (TPSA) is 74.3 Å². The number of carbonyl (C=O) groups excluding carboxylic acids is 1. The molecule has 0 aliphatic heterocycles. The Morgan fingerprint density at radius 1 is 1.32 bits per heavy atom. The lowest BCUT2D eigenvalue weighted by Crippen LogP contribution is -2.08. The summed E-state index contributed by atoms with van der Waals surface area (Å²) in [5.74, 6) is -0.562. The Bertz CT molecular complexity index is 900. The molecule has 0 atom stereocenters. The molecule has 0 aromatic carbocycles. The highest BCUT2D eigenvalue weighted by molar-refractivity contribution is 6.36. The average Bonchev–Trinajstić information content (AvgIpc) is 3.02. The Balaban J connectivity index is 2.31. The first-order valence-electron chi connectivity index (χ1n) is 6.28. The maximum absolute atomic E-state index is 11.7. The molecule has 0 saturated carbocycles. The molecule has 0 aliphatic carbocycles. The number of nitrogens with zero attached hydrogens (tertiary/aromatic N) is 5. The van der Waals surface area contributed by atoms with Gasteiger partial charge >= 0.3 is 5.97 Å². The first-order valence-corrected chi connectivity index (χ1v) is 7.04. The third-order valence-corrected chi connectivity index (χ3v) is 3.75. The number of aryl methyl sites for hydroxylation is 2. The number of fused-ring (bicyclic) bond motifs is 1. The monoisotopic (exact) mass is 339 g/mol. The molecule has 0 unspecified atom stereocenters. The minimum Gasteiger partial charge on any atom is -0.465 e. The minimum absolute atomic E-state index is 0.120. The third-order valence-electron chi connectivity index (χ3n) is 3.15. The summed E-state index contributed by atoms with van der Waals surface area (Å²) in [4.78, 5) is 15.9. The zero-order valence-electron chi connectivity index (χ0n) is 12.0. The van der Waals surface area contributed by atoms with Gasteiger partial charge in [0.2, 0.25) is 0 Å². The Hall–Kier alpha value is -2.12. The number of carbonyl (C=O) groups is 1. The standard InChI is InChI=1S/C13H11Cl2N5O2/c1-6-4-7(2)19(18-6)9-10(14)17-12-8(13(21)22-3)5-16-20(12)11(9)15/h4-5H,1-3H3. The highest BCUT2D eigenvalue weighted by Crippen LogP contribution is 2.29. The van der Waals surface area contributed by atoms with Gasteiger partial charge in [0, 0.05) is 5.69 Å². The molecule has 114 valence electrons. The molecule has 0 fully saturated rings. The van der Waals surface area contributed by atoms with Crippen LogP contribution in [0.4, 0.5) is 0 Å². The van der Waals surface area contributed by atoms with Crippen LogP contribution in [0.3, 0.4) is 0 Å². The van der Waals surface area contributed by atoms with Crippen LogP contribution in [0.15, 0.2) is 12.3 Å². The van der Waals surface area contributed by atoms with Crippen LogP contribution in [-0.4, -0.2) is 37.5 Å². The van der Waals surface area contributed by atoms with E-state index < -0.39 is 5.97 Å². The maximum Gasteiger partial charge on any atom is 0.343 e. The normalized spacial score (nSPS) is 11.1. The van der Waals surface area contributed by atoms with E-state index >= 15 is 0 Å². The van der Waals surface area contributed by atoms with Gasteiger partial charge in [-0.3, -0.25) is 0 Å². The molecule has 3 heterocycles. The highest BCUT2D eigenvalue weighted by atomic mass is 35.5. The van der Waals surface area contributed by atoms with Crippen LogP contribution in [0.1, 0.15) is 21.7 Å². The molecule has 0 amide bonds. The molecular weight excluding hydrogens is 329 g/mol. The molecule has 0 N–H and O–H groups in total. The van der Waals surface area contributed by atoms with Crippen molar-refractivity contribution in [2.45, 2.75) is 13.8 Å². The van der Waals surface area contributed by atoms with Crippen molar-refractivity contribution < 1.29 is 9.53 Å². The van der Waals surface area contributed by atoms with E-state index in [-0.39, 0.29) is 21.5 Å². The molecule has 0 aliphatic rings. The van der Waals surface area contributed by atoms with Crippen molar-refractivity contribution in [3.05, 3.63) is 39.5 Å².